The number of nitrogens with one attached hydrogen (secondary N) is 1. The molecule has 14 heavy (non-hydrogen) atoms. The SMILES string of the molecule is CC1OC(C)C(C(=O)NCCN)C1C. The number of ether oxygens (including phenoxy) is 1. The van der Waals surface area contributed by atoms with Crippen LogP contribution in [0.25, 0.3) is 0 Å². The average molecular weight is 200 g/mol. The highest BCUT2D eigenvalue weighted by Crippen LogP contribution is 2.31. The Balaban J connectivity index is 2.53. The maximum atomic E-state index is 11.7. The van der Waals surface area contributed by atoms with Crippen LogP contribution in [0, 0.1) is 11.8 Å². The molecule has 0 saturated carbocycles. The number of hydrogen-bond acceptors (Lipinski definition) is 3. The van der Waals surface area contributed by atoms with Crippen LogP contribution in [0.4, 0.5) is 0 Å². The van der Waals surface area contributed by atoms with Gasteiger partial charge in [0.1, 0.15) is 0 Å². The Hall–Kier alpha value is -0.610. The van der Waals surface area contributed by atoms with Crippen molar-refractivity contribution < 1.29 is 9.53 Å². The summed E-state index contributed by atoms with van der Waals surface area (Å²) in [5.41, 5.74) is 5.33. The van der Waals surface area contributed by atoms with Crippen LogP contribution in [0.1, 0.15) is 20.8 Å². The van der Waals surface area contributed by atoms with Crippen LogP contribution in [0.2, 0.25) is 0 Å². The summed E-state index contributed by atoms with van der Waals surface area (Å²) in [6, 6.07) is 0. The number of nitrogens with two attached hydrogens (primary N) is 1. The van der Waals surface area contributed by atoms with Crippen LogP contribution in [0.15, 0.2) is 0 Å². The lowest BCUT2D eigenvalue weighted by Gasteiger charge is -2.17. The van der Waals surface area contributed by atoms with Crippen LogP contribution in [-0.2, 0) is 9.53 Å². The number of carbonyl (C=O) groups is 1. The zero-order chi connectivity index (χ0) is 10.7. The van der Waals surface area contributed by atoms with Crippen molar-refractivity contribution >= 4 is 5.91 Å². The normalized spacial score (nSPS) is 37.1. The van der Waals surface area contributed by atoms with E-state index < -0.39 is 0 Å². The number of amides is 1. The molecule has 1 amide bonds. The van der Waals surface area contributed by atoms with Crippen molar-refractivity contribution in [3.63, 3.8) is 0 Å². The van der Waals surface area contributed by atoms with E-state index >= 15 is 0 Å². The lowest BCUT2D eigenvalue weighted by molar-refractivity contribution is -0.127. The third-order valence-electron chi connectivity index (χ3n) is 2.99. The van der Waals surface area contributed by atoms with Gasteiger partial charge in [-0.1, -0.05) is 6.92 Å². The molecule has 0 radical (unpaired) electrons. The summed E-state index contributed by atoms with van der Waals surface area (Å²) in [6.07, 6.45) is 0.177. The lowest BCUT2D eigenvalue weighted by atomic mass is 9.89. The minimum atomic E-state index is -0.0310. The molecule has 1 fully saturated rings. The maximum Gasteiger partial charge on any atom is 0.226 e. The molecular weight excluding hydrogens is 180 g/mol. The van der Waals surface area contributed by atoms with E-state index in [2.05, 4.69) is 12.2 Å². The fourth-order valence-corrected chi connectivity index (χ4v) is 2.03. The molecule has 1 heterocycles. The van der Waals surface area contributed by atoms with Gasteiger partial charge in [0.15, 0.2) is 0 Å². The molecule has 1 rings (SSSR count). The van der Waals surface area contributed by atoms with Crippen molar-refractivity contribution in [2.75, 3.05) is 13.1 Å². The van der Waals surface area contributed by atoms with Crippen molar-refractivity contribution in [3.8, 4) is 0 Å². The van der Waals surface area contributed by atoms with Crippen LogP contribution >= 0.6 is 0 Å². The molecule has 1 aliphatic heterocycles. The molecule has 4 atom stereocenters. The molecule has 0 bridgehead atoms. The van der Waals surface area contributed by atoms with Crippen molar-refractivity contribution in [3.05, 3.63) is 0 Å². The van der Waals surface area contributed by atoms with E-state index in [0.717, 1.165) is 0 Å². The first-order chi connectivity index (χ1) is 6.57. The van der Waals surface area contributed by atoms with E-state index in [-0.39, 0.29) is 30.0 Å². The predicted octanol–water partition coefficient (Wildman–Crippen LogP) is 0.121. The standard InChI is InChI=1S/C10H20N2O2/c1-6-7(2)14-8(3)9(6)10(13)12-5-4-11/h6-9H,4-5,11H2,1-3H3,(H,12,13). The minimum Gasteiger partial charge on any atom is -0.374 e. The molecule has 1 saturated heterocycles. The molecule has 1 aliphatic rings. The van der Waals surface area contributed by atoms with Gasteiger partial charge in [0.05, 0.1) is 18.1 Å². The van der Waals surface area contributed by atoms with Crippen LogP contribution < -0.4 is 11.1 Å². The Bertz CT molecular complexity index is 208. The van der Waals surface area contributed by atoms with E-state index in [1.54, 1.807) is 0 Å². The molecule has 4 unspecified atom stereocenters. The molecule has 0 aliphatic carbocycles. The molecule has 0 aromatic heterocycles. The predicted molar refractivity (Wildman–Crippen MR) is 54.7 cm³/mol. The van der Waals surface area contributed by atoms with E-state index in [9.17, 15) is 4.79 Å². The Morgan fingerprint density at radius 1 is 1.36 bits per heavy atom. The topological polar surface area (TPSA) is 64.3 Å². The quantitative estimate of drug-likeness (QED) is 0.680. The second kappa shape index (κ2) is 4.75. The Morgan fingerprint density at radius 3 is 2.43 bits per heavy atom. The van der Waals surface area contributed by atoms with E-state index in [0.29, 0.717) is 13.1 Å². The summed E-state index contributed by atoms with van der Waals surface area (Å²) in [5, 5.41) is 2.81. The molecular formula is C10H20N2O2. The van der Waals surface area contributed by atoms with E-state index in [1.807, 2.05) is 13.8 Å². The third kappa shape index (κ3) is 2.25. The summed E-state index contributed by atoms with van der Waals surface area (Å²) in [7, 11) is 0. The second-order valence-corrected chi connectivity index (χ2v) is 4.01. The largest absolute Gasteiger partial charge is 0.374 e. The first-order valence-corrected chi connectivity index (χ1v) is 5.21. The van der Waals surface area contributed by atoms with Gasteiger partial charge in [-0.15, -0.1) is 0 Å². The zero-order valence-corrected chi connectivity index (χ0v) is 9.12. The van der Waals surface area contributed by atoms with Crippen LogP contribution in [0.3, 0.4) is 0 Å². The van der Waals surface area contributed by atoms with Crippen molar-refractivity contribution in [1.29, 1.82) is 0 Å². The smallest absolute Gasteiger partial charge is 0.226 e. The summed E-state index contributed by atoms with van der Waals surface area (Å²) in [6.45, 7) is 7.05. The van der Waals surface area contributed by atoms with Gasteiger partial charge in [-0.2, -0.15) is 0 Å². The van der Waals surface area contributed by atoms with Gasteiger partial charge in [-0.3, -0.25) is 4.79 Å². The third-order valence-corrected chi connectivity index (χ3v) is 2.99. The summed E-state index contributed by atoms with van der Waals surface area (Å²) in [4.78, 5) is 11.7. The molecule has 4 heteroatoms. The molecule has 0 aromatic rings. The van der Waals surface area contributed by atoms with Crippen molar-refractivity contribution in [2.24, 2.45) is 17.6 Å². The first-order valence-electron chi connectivity index (χ1n) is 5.21. The summed E-state index contributed by atoms with van der Waals surface area (Å²) in [5.74, 6) is 0.319. The Kier molecular flexibility index (Phi) is 3.89. The minimum absolute atomic E-state index is 0.0118. The molecule has 82 valence electrons. The summed E-state index contributed by atoms with van der Waals surface area (Å²) >= 11 is 0. The van der Waals surface area contributed by atoms with Gasteiger partial charge >= 0.3 is 0 Å². The zero-order valence-electron chi connectivity index (χ0n) is 9.12. The molecule has 0 spiro atoms. The highest BCUT2D eigenvalue weighted by Gasteiger charge is 2.41. The lowest BCUT2D eigenvalue weighted by Crippen LogP contribution is -2.39. The first kappa shape index (κ1) is 11.5. The Labute approximate surface area is 85.2 Å². The van der Waals surface area contributed by atoms with Crippen molar-refractivity contribution in [2.45, 2.75) is 33.0 Å². The second-order valence-electron chi connectivity index (χ2n) is 4.01. The fourth-order valence-electron chi connectivity index (χ4n) is 2.03. The Morgan fingerprint density at radius 2 is 2.00 bits per heavy atom. The maximum absolute atomic E-state index is 11.7. The number of carbonyl (C=O) groups excluding carboxylic acids is 1. The molecule has 3 N–H and O–H groups in total. The van der Waals surface area contributed by atoms with Gasteiger partial charge in [0.25, 0.3) is 0 Å². The highest BCUT2D eigenvalue weighted by atomic mass is 16.5. The molecule has 0 aromatic carbocycles. The van der Waals surface area contributed by atoms with E-state index in [1.165, 1.54) is 0 Å². The summed E-state index contributed by atoms with van der Waals surface area (Å²) < 4.78 is 5.60. The van der Waals surface area contributed by atoms with Gasteiger partial charge in [-0.05, 0) is 19.8 Å². The van der Waals surface area contributed by atoms with E-state index in [4.69, 9.17) is 10.5 Å². The van der Waals surface area contributed by atoms with Gasteiger partial charge in [-0.25, -0.2) is 0 Å². The average Bonchev–Trinajstić information content (AvgIpc) is 2.38. The van der Waals surface area contributed by atoms with Crippen molar-refractivity contribution in [1.82, 2.24) is 5.32 Å². The van der Waals surface area contributed by atoms with Crippen LogP contribution in [0.5, 0.6) is 0 Å². The highest BCUT2D eigenvalue weighted by molar-refractivity contribution is 5.79. The number of hydrogen-bond donors (Lipinski definition) is 2. The van der Waals surface area contributed by atoms with Gasteiger partial charge < -0.3 is 15.8 Å². The fraction of sp³-hybridized carbons (Fsp3) is 0.900. The van der Waals surface area contributed by atoms with Gasteiger partial charge in [0.2, 0.25) is 5.91 Å². The number of rotatable bonds is 3. The monoisotopic (exact) mass is 200 g/mol. The molecule has 4 nitrogen and oxygen atoms in total. The van der Waals surface area contributed by atoms with Gasteiger partial charge in [0, 0.05) is 13.1 Å². The van der Waals surface area contributed by atoms with Crippen LogP contribution in [-0.4, -0.2) is 31.2 Å².